The molecule has 0 saturated heterocycles. The van der Waals surface area contributed by atoms with Gasteiger partial charge in [0.1, 0.15) is 5.75 Å². The zero-order valence-electron chi connectivity index (χ0n) is 12.3. The highest BCUT2D eigenvalue weighted by Gasteiger charge is 2.08. The number of phenolic OH excluding ortho intramolecular Hbond substituents is 1. The summed E-state index contributed by atoms with van der Waals surface area (Å²) in [5.41, 5.74) is 3.36. The first-order valence-electron chi connectivity index (χ1n) is 6.85. The molecule has 106 valence electrons. The molecule has 0 aliphatic heterocycles. The summed E-state index contributed by atoms with van der Waals surface area (Å²) in [6.45, 7) is 2.84. The molecule has 0 fully saturated rings. The van der Waals surface area contributed by atoms with Gasteiger partial charge >= 0.3 is 0 Å². The van der Waals surface area contributed by atoms with Gasteiger partial charge in [0.15, 0.2) is 0 Å². The summed E-state index contributed by atoms with van der Waals surface area (Å²) in [6, 6.07) is 16.0. The molecule has 3 nitrogen and oxygen atoms in total. The van der Waals surface area contributed by atoms with Crippen LogP contribution in [0.15, 0.2) is 48.5 Å². The van der Waals surface area contributed by atoms with Crippen LogP contribution in [0.4, 0.5) is 5.69 Å². The van der Waals surface area contributed by atoms with Gasteiger partial charge in [-0.2, -0.15) is 0 Å². The molecule has 3 heteroatoms. The lowest BCUT2D eigenvalue weighted by Crippen LogP contribution is -2.18. The van der Waals surface area contributed by atoms with Crippen LogP contribution in [0.1, 0.15) is 24.1 Å². The molecule has 0 aliphatic carbocycles. The van der Waals surface area contributed by atoms with Crippen LogP contribution < -0.4 is 10.2 Å². The van der Waals surface area contributed by atoms with Crippen molar-refractivity contribution >= 4 is 5.69 Å². The first-order chi connectivity index (χ1) is 9.58. The maximum Gasteiger partial charge on any atom is 0.120 e. The van der Waals surface area contributed by atoms with Crippen LogP contribution in [-0.2, 0) is 6.54 Å². The van der Waals surface area contributed by atoms with E-state index >= 15 is 0 Å². The first kappa shape index (κ1) is 14.4. The normalized spacial score (nSPS) is 12.2. The molecule has 2 aromatic carbocycles. The largest absolute Gasteiger partial charge is 0.508 e. The van der Waals surface area contributed by atoms with E-state index in [4.69, 9.17) is 0 Å². The maximum absolute atomic E-state index is 9.83. The molecule has 20 heavy (non-hydrogen) atoms. The monoisotopic (exact) mass is 270 g/mol. The fraction of sp³-hybridized carbons (Fsp3) is 0.294. The van der Waals surface area contributed by atoms with E-state index in [1.165, 1.54) is 11.3 Å². The number of nitrogens with one attached hydrogen (secondary N) is 1. The zero-order chi connectivity index (χ0) is 14.5. The summed E-state index contributed by atoms with van der Waals surface area (Å²) in [6.07, 6.45) is 0. The van der Waals surface area contributed by atoms with Crippen molar-refractivity contribution in [1.29, 1.82) is 0 Å². The van der Waals surface area contributed by atoms with Gasteiger partial charge in [-0.3, -0.25) is 0 Å². The van der Waals surface area contributed by atoms with E-state index in [1.54, 1.807) is 6.07 Å². The molecule has 0 heterocycles. The van der Waals surface area contributed by atoms with E-state index in [9.17, 15) is 5.11 Å². The van der Waals surface area contributed by atoms with Crippen LogP contribution >= 0.6 is 0 Å². The molecule has 0 saturated carbocycles. The van der Waals surface area contributed by atoms with Gasteiger partial charge in [0, 0.05) is 37.9 Å². The lowest BCUT2D eigenvalue weighted by Gasteiger charge is -2.16. The van der Waals surface area contributed by atoms with Crippen molar-refractivity contribution in [2.75, 3.05) is 19.0 Å². The zero-order valence-corrected chi connectivity index (χ0v) is 12.3. The SMILES string of the molecule is CC(NCc1ccc(N(C)C)cc1)c1ccccc1O. The van der Waals surface area contributed by atoms with E-state index in [1.807, 2.05) is 32.3 Å². The molecular weight excluding hydrogens is 248 g/mol. The minimum Gasteiger partial charge on any atom is -0.508 e. The summed E-state index contributed by atoms with van der Waals surface area (Å²) in [5.74, 6) is 0.343. The van der Waals surface area contributed by atoms with E-state index in [0.29, 0.717) is 5.75 Å². The summed E-state index contributed by atoms with van der Waals surface area (Å²) in [4.78, 5) is 2.09. The smallest absolute Gasteiger partial charge is 0.120 e. The number of nitrogens with zero attached hydrogens (tertiary/aromatic N) is 1. The predicted octanol–water partition coefficient (Wildman–Crippen LogP) is 3.31. The van der Waals surface area contributed by atoms with Crippen molar-refractivity contribution in [2.24, 2.45) is 0 Å². The van der Waals surface area contributed by atoms with Crippen LogP contribution in [0.3, 0.4) is 0 Å². The van der Waals surface area contributed by atoms with Gasteiger partial charge in [-0.1, -0.05) is 30.3 Å². The summed E-state index contributed by atoms with van der Waals surface area (Å²) >= 11 is 0. The number of hydrogen-bond donors (Lipinski definition) is 2. The third-order valence-corrected chi connectivity index (χ3v) is 3.47. The topological polar surface area (TPSA) is 35.5 Å². The molecule has 0 spiro atoms. The van der Waals surface area contributed by atoms with Crippen molar-refractivity contribution in [3.8, 4) is 5.75 Å². The highest BCUT2D eigenvalue weighted by atomic mass is 16.3. The Kier molecular flexibility index (Phi) is 4.64. The Hall–Kier alpha value is -2.00. The van der Waals surface area contributed by atoms with Gasteiger partial charge in [-0.15, -0.1) is 0 Å². The Balaban J connectivity index is 1.96. The molecule has 1 atom stereocenters. The second kappa shape index (κ2) is 6.44. The van der Waals surface area contributed by atoms with Crippen molar-refractivity contribution in [2.45, 2.75) is 19.5 Å². The number of phenols is 1. The molecule has 0 aliphatic rings. The first-order valence-corrected chi connectivity index (χ1v) is 6.85. The van der Waals surface area contributed by atoms with Gasteiger partial charge < -0.3 is 15.3 Å². The highest BCUT2D eigenvalue weighted by molar-refractivity contribution is 5.46. The molecule has 2 rings (SSSR count). The number of aromatic hydroxyl groups is 1. The van der Waals surface area contributed by atoms with Crippen molar-refractivity contribution in [3.05, 3.63) is 59.7 Å². The Morgan fingerprint density at radius 3 is 2.30 bits per heavy atom. The van der Waals surface area contributed by atoms with Crippen molar-refractivity contribution < 1.29 is 5.11 Å². The molecule has 2 N–H and O–H groups in total. The van der Waals surface area contributed by atoms with Crippen molar-refractivity contribution in [3.63, 3.8) is 0 Å². The number of rotatable bonds is 5. The lowest BCUT2D eigenvalue weighted by atomic mass is 10.1. The standard InChI is InChI=1S/C17H22N2O/c1-13(16-6-4-5-7-17(16)20)18-12-14-8-10-15(11-9-14)19(2)3/h4-11,13,18,20H,12H2,1-3H3. The van der Waals surface area contributed by atoms with Crippen LogP contribution in [0, 0.1) is 0 Å². The Morgan fingerprint density at radius 2 is 1.70 bits per heavy atom. The summed E-state index contributed by atoms with van der Waals surface area (Å²) in [7, 11) is 4.07. The summed E-state index contributed by atoms with van der Waals surface area (Å²) < 4.78 is 0. The van der Waals surface area contributed by atoms with Crippen LogP contribution in [0.2, 0.25) is 0 Å². The number of anilines is 1. The van der Waals surface area contributed by atoms with Gasteiger partial charge in [0.25, 0.3) is 0 Å². The van der Waals surface area contributed by atoms with E-state index in [0.717, 1.165) is 12.1 Å². The highest BCUT2D eigenvalue weighted by Crippen LogP contribution is 2.23. The Labute approximate surface area is 120 Å². The van der Waals surface area contributed by atoms with Gasteiger partial charge in [-0.05, 0) is 30.7 Å². The van der Waals surface area contributed by atoms with Crippen LogP contribution in [0.5, 0.6) is 5.75 Å². The minimum atomic E-state index is 0.115. The quantitative estimate of drug-likeness (QED) is 0.875. The molecule has 0 aromatic heterocycles. The second-order valence-corrected chi connectivity index (χ2v) is 5.22. The Bertz CT molecular complexity index is 549. The number of para-hydroxylation sites is 1. The van der Waals surface area contributed by atoms with Gasteiger partial charge in [0.05, 0.1) is 0 Å². The third kappa shape index (κ3) is 3.52. The summed E-state index contributed by atoms with van der Waals surface area (Å²) in [5, 5.41) is 13.3. The maximum atomic E-state index is 9.83. The molecule has 0 amide bonds. The molecular formula is C17H22N2O. The molecule has 0 bridgehead atoms. The van der Waals surface area contributed by atoms with E-state index in [2.05, 4.69) is 41.4 Å². The van der Waals surface area contributed by atoms with E-state index < -0.39 is 0 Å². The molecule has 0 radical (unpaired) electrons. The van der Waals surface area contributed by atoms with Gasteiger partial charge in [-0.25, -0.2) is 0 Å². The number of benzene rings is 2. The van der Waals surface area contributed by atoms with Crippen LogP contribution in [-0.4, -0.2) is 19.2 Å². The Morgan fingerprint density at radius 1 is 1.05 bits per heavy atom. The van der Waals surface area contributed by atoms with E-state index in [-0.39, 0.29) is 6.04 Å². The fourth-order valence-corrected chi connectivity index (χ4v) is 2.15. The predicted molar refractivity (Wildman–Crippen MR) is 84.1 cm³/mol. The van der Waals surface area contributed by atoms with Crippen molar-refractivity contribution in [1.82, 2.24) is 5.32 Å². The minimum absolute atomic E-state index is 0.115. The average molecular weight is 270 g/mol. The van der Waals surface area contributed by atoms with Gasteiger partial charge in [0.2, 0.25) is 0 Å². The fourth-order valence-electron chi connectivity index (χ4n) is 2.15. The second-order valence-electron chi connectivity index (χ2n) is 5.22. The third-order valence-electron chi connectivity index (χ3n) is 3.47. The lowest BCUT2D eigenvalue weighted by molar-refractivity contribution is 0.452. The number of hydrogen-bond acceptors (Lipinski definition) is 3. The average Bonchev–Trinajstić information content (AvgIpc) is 2.45. The molecule has 1 unspecified atom stereocenters. The molecule has 2 aromatic rings. The van der Waals surface area contributed by atoms with Crippen LogP contribution in [0.25, 0.3) is 0 Å².